The molecule has 0 unspecified atom stereocenters. The Hall–Kier alpha value is -0.390. The SMILES string of the molecule is CC(C)(C)NCC(=O)Nc1ccc(Br)cc1Br. The van der Waals surface area contributed by atoms with Gasteiger partial charge in [-0.1, -0.05) is 15.9 Å². The van der Waals surface area contributed by atoms with Crippen LogP contribution in [0, 0.1) is 0 Å². The number of carbonyl (C=O) groups excluding carboxylic acids is 1. The highest BCUT2D eigenvalue weighted by Crippen LogP contribution is 2.25. The number of rotatable bonds is 3. The van der Waals surface area contributed by atoms with Crippen molar-refractivity contribution in [1.82, 2.24) is 5.32 Å². The summed E-state index contributed by atoms with van der Waals surface area (Å²) in [6.45, 7) is 6.37. The maximum atomic E-state index is 11.7. The summed E-state index contributed by atoms with van der Waals surface area (Å²) in [7, 11) is 0. The van der Waals surface area contributed by atoms with Crippen molar-refractivity contribution in [3.05, 3.63) is 27.1 Å². The molecule has 0 atom stereocenters. The third-order valence-corrected chi connectivity index (χ3v) is 3.13. The average molecular weight is 364 g/mol. The minimum absolute atomic E-state index is 0.0528. The molecule has 5 heteroatoms. The standard InChI is InChI=1S/C12H16Br2N2O/c1-12(2,3)15-7-11(17)16-10-5-4-8(13)6-9(10)14/h4-6,15H,7H2,1-3H3,(H,16,17). The first kappa shape index (κ1) is 14.7. The van der Waals surface area contributed by atoms with Crippen LogP contribution in [0.15, 0.2) is 27.1 Å². The normalized spacial score (nSPS) is 11.4. The van der Waals surface area contributed by atoms with Gasteiger partial charge in [0.05, 0.1) is 12.2 Å². The van der Waals surface area contributed by atoms with Crippen LogP contribution >= 0.6 is 31.9 Å². The van der Waals surface area contributed by atoms with Gasteiger partial charge in [0, 0.05) is 14.5 Å². The first-order chi connectivity index (χ1) is 7.78. The van der Waals surface area contributed by atoms with Gasteiger partial charge in [-0.05, 0) is 54.9 Å². The average Bonchev–Trinajstić information content (AvgIpc) is 2.18. The first-order valence-electron chi connectivity index (χ1n) is 5.28. The van der Waals surface area contributed by atoms with Gasteiger partial charge in [-0.15, -0.1) is 0 Å². The molecule has 0 aliphatic heterocycles. The van der Waals surface area contributed by atoms with Crippen molar-refractivity contribution in [2.75, 3.05) is 11.9 Å². The second-order valence-electron chi connectivity index (χ2n) is 4.78. The molecule has 0 heterocycles. The molecule has 0 radical (unpaired) electrons. The minimum atomic E-state index is -0.0612. The summed E-state index contributed by atoms with van der Waals surface area (Å²) in [4.78, 5) is 11.7. The summed E-state index contributed by atoms with van der Waals surface area (Å²) in [5.74, 6) is -0.0528. The van der Waals surface area contributed by atoms with Crippen LogP contribution in [-0.4, -0.2) is 18.0 Å². The molecule has 0 aliphatic carbocycles. The lowest BCUT2D eigenvalue weighted by atomic mass is 10.1. The Morgan fingerprint density at radius 2 is 1.94 bits per heavy atom. The van der Waals surface area contributed by atoms with Gasteiger partial charge in [-0.2, -0.15) is 0 Å². The largest absolute Gasteiger partial charge is 0.324 e. The number of amides is 1. The maximum Gasteiger partial charge on any atom is 0.238 e. The monoisotopic (exact) mass is 362 g/mol. The van der Waals surface area contributed by atoms with Crippen molar-refractivity contribution >= 4 is 43.5 Å². The van der Waals surface area contributed by atoms with E-state index in [1.54, 1.807) is 0 Å². The molecule has 0 aromatic heterocycles. The molecule has 94 valence electrons. The molecule has 0 spiro atoms. The number of benzene rings is 1. The van der Waals surface area contributed by atoms with E-state index in [9.17, 15) is 4.79 Å². The molecule has 0 saturated carbocycles. The van der Waals surface area contributed by atoms with Gasteiger partial charge in [0.15, 0.2) is 0 Å². The lowest BCUT2D eigenvalue weighted by molar-refractivity contribution is -0.115. The van der Waals surface area contributed by atoms with E-state index < -0.39 is 0 Å². The van der Waals surface area contributed by atoms with Crippen molar-refractivity contribution in [3.8, 4) is 0 Å². The molecule has 0 aliphatic rings. The third kappa shape index (κ3) is 5.66. The number of nitrogens with one attached hydrogen (secondary N) is 2. The van der Waals surface area contributed by atoms with Crippen molar-refractivity contribution in [2.24, 2.45) is 0 Å². The summed E-state index contributed by atoms with van der Waals surface area (Å²) in [5.41, 5.74) is 0.711. The van der Waals surface area contributed by atoms with E-state index >= 15 is 0 Å². The highest BCUT2D eigenvalue weighted by molar-refractivity contribution is 9.11. The fraction of sp³-hybridized carbons (Fsp3) is 0.417. The Balaban J connectivity index is 2.57. The Bertz CT molecular complexity index is 413. The second-order valence-corrected chi connectivity index (χ2v) is 6.55. The highest BCUT2D eigenvalue weighted by atomic mass is 79.9. The van der Waals surface area contributed by atoms with E-state index in [1.165, 1.54) is 0 Å². The topological polar surface area (TPSA) is 41.1 Å². The summed E-state index contributed by atoms with van der Waals surface area (Å²) in [6.07, 6.45) is 0. The lowest BCUT2D eigenvalue weighted by Crippen LogP contribution is -2.41. The lowest BCUT2D eigenvalue weighted by Gasteiger charge is -2.20. The van der Waals surface area contributed by atoms with Crippen LogP contribution in [0.5, 0.6) is 0 Å². The molecule has 0 bridgehead atoms. The molecule has 17 heavy (non-hydrogen) atoms. The second kappa shape index (κ2) is 5.98. The van der Waals surface area contributed by atoms with Gasteiger partial charge in [-0.3, -0.25) is 4.79 Å². The van der Waals surface area contributed by atoms with E-state index in [2.05, 4.69) is 42.5 Å². The zero-order valence-electron chi connectivity index (χ0n) is 10.1. The summed E-state index contributed by atoms with van der Waals surface area (Å²) in [5, 5.41) is 5.98. The van der Waals surface area contributed by atoms with Crippen molar-refractivity contribution in [3.63, 3.8) is 0 Å². The number of halogens is 2. The molecule has 0 fully saturated rings. The van der Waals surface area contributed by atoms with Crippen LogP contribution in [0.1, 0.15) is 20.8 Å². The zero-order valence-corrected chi connectivity index (χ0v) is 13.3. The Labute approximate surface area is 119 Å². The van der Waals surface area contributed by atoms with Crippen LogP contribution in [-0.2, 0) is 4.79 Å². The molecular formula is C12H16Br2N2O. The third-order valence-electron chi connectivity index (χ3n) is 1.98. The predicted molar refractivity (Wildman–Crippen MR) is 78.2 cm³/mol. The van der Waals surface area contributed by atoms with Gasteiger partial charge in [-0.25, -0.2) is 0 Å². The van der Waals surface area contributed by atoms with E-state index in [0.717, 1.165) is 14.6 Å². The quantitative estimate of drug-likeness (QED) is 0.862. The van der Waals surface area contributed by atoms with Gasteiger partial charge in [0.25, 0.3) is 0 Å². The number of anilines is 1. The Kier molecular flexibility index (Phi) is 5.16. The summed E-state index contributed by atoms with van der Waals surface area (Å²) < 4.78 is 1.83. The summed E-state index contributed by atoms with van der Waals surface area (Å²) in [6, 6.07) is 5.63. The van der Waals surface area contributed by atoms with Crippen LogP contribution in [0.3, 0.4) is 0 Å². The molecule has 1 amide bonds. The maximum absolute atomic E-state index is 11.7. The molecule has 3 nitrogen and oxygen atoms in total. The predicted octanol–water partition coefficient (Wildman–Crippen LogP) is 3.54. The summed E-state index contributed by atoms with van der Waals surface area (Å²) >= 11 is 6.77. The smallest absolute Gasteiger partial charge is 0.238 e. The first-order valence-corrected chi connectivity index (χ1v) is 6.86. The molecule has 2 N–H and O–H groups in total. The highest BCUT2D eigenvalue weighted by Gasteiger charge is 2.12. The molecular weight excluding hydrogens is 348 g/mol. The van der Waals surface area contributed by atoms with Crippen molar-refractivity contribution < 1.29 is 4.79 Å². The Morgan fingerprint density at radius 3 is 2.47 bits per heavy atom. The van der Waals surface area contributed by atoms with Crippen molar-refractivity contribution in [1.29, 1.82) is 0 Å². The minimum Gasteiger partial charge on any atom is -0.324 e. The molecule has 1 aromatic rings. The molecule has 0 saturated heterocycles. The number of hydrogen-bond donors (Lipinski definition) is 2. The van der Waals surface area contributed by atoms with Crippen LogP contribution in [0.4, 0.5) is 5.69 Å². The van der Waals surface area contributed by atoms with E-state index in [4.69, 9.17) is 0 Å². The molecule has 1 rings (SSSR count). The fourth-order valence-electron chi connectivity index (χ4n) is 1.13. The van der Waals surface area contributed by atoms with E-state index in [-0.39, 0.29) is 11.4 Å². The van der Waals surface area contributed by atoms with E-state index in [0.29, 0.717) is 6.54 Å². The fourth-order valence-corrected chi connectivity index (χ4v) is 2.28. The van der Waals surface area contributed by atoms with Crippen molar-refractivity contribution in [2.45, 2.75) is 26.3 Å². The van der Waals surface area contributed by atoms with Gasteiger partial charge in [0.2, 0.25) is 5.91 Å². The van der Waals surface area contributed by atoms with Gasteiger partial charge < -0.3 is 10.6 Å². The van der Waals surface area contributed by atoms with E-state index in [1.807, 2.05) is 39.0 Å². The van der Waals surface area contributed by atoms with Crippen LogP contribution in [0.2, 0.25) is 0 Å². The number of carbonyl (C=O) groups is 1. The van der Waals surface area contributed by atoms with Crippen LogP contribution in [0.25, 0.3) is 0 Å². The number of hydrogen-bond acceptors (Lipinski definition) is 2. The van der Waals surface area contributed by atoms with Gasteiger partial charge >= 0.3 is 0 Å². The molecule has 1 aromatic carbocycles. The Morgan fingerprint density at radius 1 is 1.29 bits per heavy atom. The zero-order chi connectivity index (χ0) is 13.1. The van der Waals surface area contributed by atoms with Gasteiger partial charge in [0.1, 0.15) is 0 Å². The van der Waals surface area contributed by atoms with Crippen LogP contribution < -0.4 is 10.6 Å².